The molecule has 0 amide bonds. The molecule has 36 heavy (non-hydrogen) atoms. The molecule has 0 bridgehead atoms. The fraction of sp³-hybridized carbons (Fsp3) is 0.895. The molecule has 0 saturated carbocycles. The number of hydrogen-bond acceptors (Lipinski definition) is 17. The highest BCUT2D eigenvalue weighted by Crippen LogP contribution is 2.23. The molecule has 1 N–H and O–H groups in total. The van der Waals surface area contributed by atoms with Gasteiger partial charge in [0.1, 0.15) is 17.8 Å². The SMILES string of the molecule is CCCOOCSCSCSCSCOC(=O)CSCSCSCSCC(=O)OCSCSCCO. The van der Waals surface area contributed by atoms with Crippen molar-refractivity contribution >= 4 is 130 Å². The topological polar surface area (TPSA) is 91.3 Å². The second kappa shape index (κ2) is 33.5. The highest BCUT2D eigenvalue weighted by atomic mass is 32.3. The molecule has 0 rings (SSSR count). The number of rotatable bonds is 29. The van der Waals surface area contributed by atoms with Crippen molar-refractivity contribution in [2.24, 2.45) is 0 Å². The van der Waals surface area contributed by atoms with Crippen LogP contribution in [0.15, 0.2) is 0 Å². The molecule has 0 atom stereocenters. The molecule has 0 aliphatic heterocycles. The van der Waals surface area contributed by atoms with E-state index in [1.807, 2.05) is 30.4 Å². The van der Waals surface area contributed by atoms with E-state index in [1.165, 1.54) is 11.8 Å². The van der Waals surface area contributed by atoms with Crippen molar-refractivity contribution in [2.45, 2.75) is 13.3 Å². The fourth-order valence-electron chi connectivity index (χ4n) is 1.53. The first-order valence-electron chi connectivity index (χ1n) is 10.6. The van der Waals surface area contributed by atoms with E-state index in [0.717, 1.165) is 42.0 Å². The Balaban J connectivity index is 3.23. The summed E-state index contributed by atoms with van der Waals surface area (Å²) < 4.78 is 10.4. The summed E-state index contributed by atoms with van der Waals surface area (Å²) in [6.07, 6.45) is 0.955. The Morgan fingerprint density at radius 2 is 1.03 bits per heavy atom. The van der Waals surface area contributed by atoms with Gasteiger partial charge in [0.05, 0.1) is 24.7 Å². The molecule has 0 aromatic rings. The van der Waals surface area contributed by atoms with Gasteiger partial charge in [0.2, 0.25) is 0 Å². The third kappa shape index (κ3) is 32.5. The molecule has 0 fully saturated rings. The lowest BCUT2D eigenvalue weighted by Crippen LogP contribution is -2.07. The number of carbonyl (C=O) groups is 2. The minimum absolute atomic E-state index is 0.166. The summed E-state index contributed by atoms with van der Waals surface area (Å²) in [5.74, 6) is 2.42. The molecule has 7 nitrogen and oxygen atoms in total. The van der Waals surface area contributed by atoms with Crippen LogP contribution in [0.2, 0.25) is 0 Å². The van der Waals surface area contributed by atoms with E-state index < -0.39 is 0 Å². The van der Waals surface area contributed by atoms with Gasteiger partial charge in [0, 0.05) is 41.3 Å². The highest BCUT2D eigenvalue weighted by molar-refractivity contribution is 8.26. The van der Waals surface area contributed by atoms with Gasteiger partial charge in [-0.15, -0.1) is 118 Å². The molecule has 0 aliphatic rings. The minimum Gasteiger partial charge on any atom is -0.454 e. The number of aliphatic hydroxyl groups is 1. The van der Waals surface area contributed by atoms with Crippen molar-refractivity contribution < 1.29 is 33.9 Å². The van der Waals surface area contributed by atoms with Gasteiger partial charge in [0.25, 0.3) is 0 Å². The Morgan fingerprint density at radius 1 is 0.583 bits per heavy atom. The summed E-state index contributed by atoms with van der Waals surface area (Å²) in [6.45, 7) is 2.86. The molecular weight excluding hydrogens is 661 g/mol. The number of hydrogen-bond donors (Lipinski definition) is 1. The van der Waals surface area contributed by atoms with Gasteiger partial charge >= 0.3 is 11.9 Å². The average Bonchev–Trinajstić information content (AvgIpc) is 2.87. The van der Waals surface area contributed by atoms with Crippen LogP contribution in [0.5, 0.6) is 0 Å². The van der Waals surface area contributed by atoms with Crippen molar-refractivity contribution in [1.82, 2.24) is 0 Å². The average molecular weight is 697 g/mol. The van der Waals surface area contributed by atoms with E-state index >= 15 is 0 Å². The lowest BCUT2D eigenvalue weighted by atomic mass is 10.5. The Bertz CT molecular complexity index is 497. The number of aliphatic hydroxyl groups excluding tert-OH is 1. The Labute approximate surface area is 258 Å². The summed E-state index contributed by atoms with van der Waals surface area (Å²) in [5.41, 5.74) is 0. The summed E-state index contributed by atoms with van der Waals surface area (Å²) in [4.78, 5) is 33.3. The molecule has 0 saturated heterocycles. The zero-order valence-corrected chi connectivity index (χ0v) is 28.5. The van der Waals surface area contributed by atoms with E-state index in [2.05, 4.69) is 0 Å². The number of esters is 2. The van der Waals surface area contributed by atoms with Crippen LogP contribution in [0.25, 0.3) is 0 Å². The molecule has 0 spiro atoms. The zero-order valence-electron chi connectivity index (χ0n) is 20.3. The molecule has 214 valence electrons. The first-order valence-corrected chi connectivity index (χ1v) is 22.2. The van der Waals surface area contributed by atoms with Crippen molar-refractivity contribution in [3.63, 3.8) is 0 Å². The van der Waals surface area contributed by atoms with Crippen LogP contribution in [0, 0.1) is 0 Å². The third-order valence-electron chi connectivity index (χ3n) is 2.95. The Morgan fingerprint density at radius 3 is 1.53 bits per heavy atom. The van der Waals surface area contributed by atoms with E-state index in [9.17, 15) is 9.59 Å². The molecule has 0 unspecified atom stereocenters. The van der Waals surface area contributed by atoms with Crippen LogP contribution in [-0.2, 0) is 28.8 Å². The molecule has 17 heteroatoms. The second-order valence-electron chi connectivity index (χ2n) is 5.91. The molecule has 0 radical (unpaired) electrons. The van der Waals surface area contributed by atoms with Crippen LogP contribution in [0.4, 0.5) is 0 Å². The number of carbonyl (C=O) groups excluding carboxylic acids is 2. The van der Waals surface area contributed by atoms with E-state index in [0.29, 0.717) is 41.7 Å². The highest BCUT2D eigenvalue weighted by Gasteiger charge is 2.05. The van der Waals surface area contributed by atoms with Gasteiger partial charge in [-0.05, 0) is 6.42 Å². The molecule has 0 aromatic carbocycles. The van der Waals surface area contributed by atoms with Crippen LogP contribution in [-0.4, -0.2) is 101 Å². The number of ether oxygens (including phenoxy) is 2. The van der Waals surface area contributed by atoms with Gasteiger partial charge in [-0.3, -0.25) is 9.59 Å². The predicted octanol–water partition coefficient (Wildman–Crippen LogP) is 6.33. The quantitative estimate of drug-likeness (QED) is 0.0310. The maximum Gasteiger partial charge on any atom is 0.316 e. The van der Waals surface area contributed by atoms with Crippen LogP contribution < -0.4 is 0 Å². The van der Waals surface area contributed by atoms with Crippen molar-refractivity contribution in [3.8, 4) is 0 Å². The summed E-state index contributed by atoms with van der Waals surface area (Å²) in [5, 5.41) is 15.0. The monoisotopic (exact) mass is 696 g/mol. The van der Waals surface area contributed by atoms with Crippen molar-refractivity contribution in [3.05, 3.63) is 0 Å². The van der Waals surface area contributed by atoms with E-state index in [4.69, 9.17) is 24.4 Å². The molecule has 0 heterocycles. The third-order valence-corrected chi connectivity index (χ3v) is 14.5. The van der Waals surface area contributed by atoms with Crippen LogP contribution in [0.3, 0.4) is 0 Å². The molecular formula is C19H36O7S10. The van der Waals surface area contributed by atoms with Gasteiger partial charge in [-0.25, -0.2) is 9.78 Å². The van der Waals surface area contributed by atoms with Crippen molar-refractivity contribution in [1.29, 1.82) is 0 Å². The lowest BCUT2D eigenvalue weighted by Gasteiger charge is -2.06. The van der Waals surface area contributed by atoms with Gasteiger partial charge in [-0.2, -0.15) is 0 Å². The zero-order chi connectivity index (χ0) is 26.4. The van der Waals surface area contributed by atoms with Gasteiger partial charge < -0.3 is 14.6 Å². The lowest BCUT2D eigenvalue weighted by molar-refractivity contribution is -0.278. The van der Waals surface area contributed by atoms with E-state index in [1.54, 1.807) is 82.3 Å². The van der Waals surface area contributed by atoms with Crippen molar-refractivity contribution in [2.75, 3.05) is 83.9 Å². The number of thioether (sulfide) groups is 10. The van der Waals surface area contributed by atoms with Crippen LogP contribution in [0.1, 0.15) is 13.3 Å². The molecule has 0 aliphatic carbocycles. The Kier molecular flexibility index (Phi) is 35.7. The maximum absolute atomic E-state index is 11.8. The summed E-state index contributed by atoms with van der Waals surface area (Å²) in [6, 6.07) is 0. The molecule has 0 aromatic heterocycles. The standard InChI is InChI=1S/C19H36O7S10/c1-2-4-25-26-10-32-15-36-17-35-14-31-9-24-19(22)7-29-13-34-16-33-12-28-6-18(21)23-8-30-11-27-5-3-20/h20H,2-17H2,1H3. The Hall–Kier alpha value is 2.32. The summed E-state index contributed by atoms with van der Waals surface area (Å²) in [7, 11) is 0. The van der Waals surface area contributed by atoms with Crippen LogP contribution >= 0.6 is 118 Å². The van der Waals surface area contributed by atoms with Gasteiger partial charge in [0.15, 0.2) is 0 Å². The largest absolute Gasteiger partial charge is 0.454 e. The predicted molar refractivity (Wildman–Crippen MR) is 176 cm³/mol. The van der Waals surface area contributed by atoms with Gasteiger partial charge in [-0.1, -0.05) is 6.92 Å². The summed E-state index contributed by atoms with van der Waals surface area (Å²) >= 11 is 16.8. The fourth-order valence-corrected chi connectivity index (χ4v) is 11.5. The van der Waals surface area contributed by atoms with E-state index in [-0.39, 0.29) is 18.5 Å². The first-order chi connectivity index (χ1) is 17.7. The smallest absolute Gasteiger partial charge is 0.316 e. The minimum atomic E-state index is -0.188. The second-order valence-corrected chi connectivity index (χ2v) is 18.3. The first kappa shape index (κ1) is 38.3. The normalized spacial score (nSPS) is 11.1. The maximum atomic E-state index is 11.8.